The molecule has 11 heavy (non-hydrogen) atoms. The van der Waals surface area contributed by atoms with Gasteiger partial charge in [-0.3, -0.25) is 0 Å². The summed E-state index contributed by atoms with van der Waals surface area (Å²) in [5.74, 6) is 1.38. The summed E-state index contributed by atoms with van der Waals surface area (Å²) in [7, 11) is 0. The standard InChI is InChI=1S/C9H19NO/c1-6(2)7-3-4-8(10)9(11)5-7/h6-9,11H,3-5,10H2,1-2H3/t7-,8-,9-/m1/s1. The quantitative estimate of drug-likeness (QED) is 0.599. The summed E-state index contributed by atoms with van der Waals surface area (Å²) in [6.45, 7) is 4.43. The van der Waals surface area contributed by atoms with E-state index in [1.165, 1.54) is 6.42 Å². The average Bonchev–Trinajstić information content (AvgIpc) is 1.94. The number of aliphatic hydroxyl groups is 1. The first-order valence-electron chi connectivity index (χ1n) is 4.55. The van der Waals surface area contributed by atoms with Crippen LogP contribution in [0.2, 0.25) is 0 Å². The molecule has 1 aliphatic rings. The fourth-order valence-electron chi connectivity index (χ4n) is 1.81. The molecule has 0 amide bonds. The van der Waals surface area contributed by atoms with Crippen LogP contribution in [0.15, 0.2) is 0 Å². The molecule has 1 fully saturated rings. The predicted molar refractivity (Wildman–Crippen MR) is 46.2 cm³/mol. The second-order valence-corrected chi connectivity index (χ2v) is 4.05. The molecule has 2 nitrogen and oxygen atoms in total. The Kier molecular flexibility index (Phi) is 2.90. The highest BCUT2D eigenvalue weighted by molar-refractivity contribution is 4.82. The summed E-state index contributed by atoms with van der Waals surface area (Å²) < 4.78 is 0. The Labute approximate surface area is 68.8 Å². The van der Waals surface area contributed by atoms with E-state index in [0.29, 0.717) is 11.8 Å². The third-order valence-corrected chi connectivity index (χ3v) is 2.85. The van der Waals surface area contributed by atoms with Crippen molar-refractivity contribution in [1.29, 1.82) is 0 Å². The Balaban J connectivity index is 2.40. The van der Waals surface area contributed by atoms with Crippen LogP contribution in [0.5, 0.6) is 0 Å². The van der Waals surface area contributed by atoms with Crippen LogP contribution in [-0.2, 0) is 0 Å². The summed E-state index contributed by atoms with van der Waals surface area (Å²) >= 11 is 0. The number of nitrogens with two attached hydrogens (primary N) is 1. The minimum absolute atomic E-state index is 0.0324. The molecule has 66 valence electrons. The van der Waals surface area contributed by atoms with Gasteiger partial charge in [-0.05, 0) is 31.1 Å². The van der Waals surface area contributed by atoms with Crippen molar-refractivity contribution >= 4 is 0 Å². The first-order valence-corrected chi connectivity index (χ1v) is 4.55. The summed E-state index contributed by atoms with van der Waals surface area (Å²) in [5.41, 5.74) is 5.69. The molecule has 0 aromatic heterocycles. The van der Waals surface area contributed by atoms with Gasteiger partial charge in [0, 0.05) is 6.04 Å². The zero-order valence-electron chi connectivity index (χ0n) is 7.46. The van der Waals surface area contributed by atoms with Crippen molar-refractivity contribution < 1.29 is 5.11 Å². The number of aliphatic hydroxyl groups excluding tert-OH is 1. The maximum atomic E-state index is 9.47. The maximum absolute atomic E-state index is 9.47. The van der Waals surface area contributed by atoms with Crippen LogP contribution >= 0.6 is 0 Å². The smallest absolute Gasteiger partial charge is 0.0693 e. The van der Waals surface area contributed by atoms with E-state index in [1.54, 1.807) is 0 Å². The van der Waals surface area contributed by atoms with Crippen LogP contribution in [0.25, 0.3) is 0 Å². The topological polar surface area (TPSA) is 46.2 Å². The highest BCUT2D eigenvalue weighted by Gasteiger charge is 2.27. The van der Waals surface area contributed by atoms with Crippen LogP contribution in [0, 0.1) is 11.8 Å². The lowest BCUT2D eigenvalue weighted by Gasteiger charge is -2.32. The first kappa shape index (κ1) is 9.01. The van der Waals surface area contributed by atoms with E-state index in [2.05, 4.69) is 13.8 Å². The Bertz CT molecular complexity index is 125. The molecule has 0 radical (unpaired) electrons. The molecule has 0 aromatic carbocycles. The highest BCUT2D eigenvalue weighted by atomic mass is 16.3. The van der Waals surface area contributed by atoms with Gasteiger partial charge in [-0.25, -0.2) is 0 Å². The van der Waals surface area contributed by atoms with Crippen LogP contribution < -0.4 is 5.73 Å². The highest BCUT2D eigenvalue weighted by Crippen LogP contribution is 2.29. The summed E-state index contributed by atoms with van der Waals surface area (Å²) in [5, 5.41) is 9.47. The number of hydrogen-bond donors (Lipinski definition) is 2. The molecule has 0 saturated heterocycles. The average molecular weight is 157 g/mol. The minimum atomic E-state index is -0.254. The molecule has 1 saturated carbocycles. The molecule has 0 bridgehead atoms. The number of rotatable bonds is 1. The van der Waals surface area contributed by atoms with E-state index < -0.39 is 0 Å². The molecule has 0 unspecified atom stereocenters. The van der Waals surface area contributed by atoms with Crippen LogP contribution in [-0.4, -0.2) is 17.3 Å². The first-order chi connectivity index (χ1) is 5.11. The summed E-state index contributed by atoms with van der Waals surface area (Å²) in [6, 6.07) is 0.0324. The van der Waals surface area contributed by atoms with Crippen molar-refractivity contribution in [1.82, 2.24) is 0 Å². The third kappa shape index (κ3) is 2.17. The van der Waals surface area contributed by atoms with Crippen molar-refractivity contribution in [2.24, 2.45) is 17.6 Å². The molecule has 0 aromatic rings. The van der Waals surface area contributed by atoms with E-state index in [0.717, 1.165) is 12.8 Å². The summed E-state index contributed by atoms with van der Waals surface area (Å²) in [6.07, 6.45) is 2.83. The zero-order chi connectivity index (χ0) is 8.43. The Morgan fingerprint density at radius 2 is 2.00 bits per heavy atom. The molecule has 2 heteroatoms. The molecule has 0 aliphatic heterocycles. The second-order valence-electron chi connectivity index (χ2n) is 4.05. The van der Waals surface area contributed by atoms with Crippen molar-refractivity contribution in [3.63, 3.8) is 0 Å². The van der Waals surface area contributed by atoms with E-state index in [9.17, 15) is 5.11 Å². The van der Waals surface area contributed by atoms with Gasteiger partial charge in [0.1, 0.15) is 0 Å². The Hall–Kier alpha value is -0.0800. The van der Waals surface area contributed by atoms with Gasteiger partial charge in [0.05, 0.1) is 6.10 Å². The lowest BCUT2D eigenvalue weighted by atomic mass is 9.78. The predicted octanol–water partition coefficient (Wildman–Crippen LogP) is 1.13. The van der Waals surface area contributed by atoms with Crippen LogP contribution in [0.1, 0.15) is 33.1 Å². The van der Waals surface area contributed by atoms with Crippen molar-refractivity contribution in [3.8, 4) is 0 Å². The van der Waals surface area contributed by atoms with E-state index in [4.69, 9.17) is 5.73 Å². The molecule has 1 aliphatic carbocycles. The van der Waals surface area contributed by atoms with Gasteiger partial charge in [0.25, 0.3) is 0 Å². The van der Waals surface area contributed by atoms with Crippen molar-refractivity contribution in [2.45, 2.75) is 45.3 Å². The molecule has 1 rings (SSSR count). The lowest BCUT2D eigenvalue weighted by molar-refractivity contribution is 0.0671. The zero-order valence-corrected chi connectivity index (χ0v) is 7.46. The van der Waals surface area contributed by atoms with Gasteiger partial charge in [-0.1, -0.05) is 13.8 Å². The molecule has 3 N–H and O–H groups in total. The SMILES string of the molecule is CC(C)[C@@H]1CC[C@@H](N)[C@H](O)C1. The Morgan fingerprint density at radius 3 is 2.45 bits per heavy atom. The maximum Gasteiger partial charge on any atom is 0.0693 e. The second kappa shape index (κ2) is 3.55. The third-order valence-electron chi connectivity index (χ3n) is 2.85. The van der Waals surface area contributed by atoms with Gasteiger partial charge in [0.15, 0.2) is 0 Å². The van der Waals surface area contributed by atoms with Gasteiger partial charge in [0.2, 0.25) is 0 Å². The van der Waals surface area contributed by atoms with Crippen LogP contribution in [0.3, 0.4) is 0 Å². The van der Waals surface area contributed by atoms with E-state index in [1.807, 2.05) is 0 Å². The normalized spacial score (nSPS) is 39.5. The molecular formula is C9H19NO. The van der Waals surface area contributed by atoms with E-state index >= 15 is 0 Å². The Morgan fingerprint density at radius 1 is 1.36 bits per heavy atom. The van der Waals surface area contributed by atoms with E-state index in [-0.39, 0.29) is 12.1 Å². The fourth-order valence-corrected chi connectivity index (χ4v) is 1.81. The van der Waals surface area contributed by atoms with Gasteiger partial charge < -0.3 is 10.8 Å². The molecule has 3 atom stereocenters. The van der Waals surface area contributed by atoms with Gasteiger partial charge in [-0.15, -0.1) is 0 Å². The van der Waals surface area contributed by atoms with Crippen molar-refractivity contribution in [3.05, 3.63) is 0 Å². The molecule has 0 spiro atoms. The summed E-state index contributed by atoms with van der Waals surface area (Å²) in [4.78, 5) is 0. The monoisotopic (exact) mass is 157 g/mol. The van der Waals surface area contributed by atoms with Gasteiger partial charge in [-0.2, -0.15) is 0 Å². The lowest BCUT2D eigenvalue weighted by Crippen LogP contribution is -2.41. The number of hydrogen-bond acceptors (Lipinski definition) is 2. The fraction of sp³-hybridized carbons (Fsp3) is 1.00. The van der Waals surface area contributed by atoms with Crippen LogP contribution in [0.4, 0.5) is 0 Å². The molecular weight excluding hydrogens is 138 g/mol. The molecule has 0 heterocycles. The van der Waals surface area contributed by atoms with Crippen molar-refractivity contribution in [2.75, 3.05) is 0 Å². The minimum Gasteiger partial charge on any atom is -0.392 e. The largest absolute Gasteiger partial charge is 0.392 e. The van der Waals surface area contributed by atoms with Gasteiger partial charge >= 0.3 is 0 Å².